The van der Waals surface area contributed by atoms with E-state index in [1.54, 1.807) is 20.8 Å². The average Bonchev–Trinajstić information content (AvgIpc) is 3.42. The van der Waals surface area contributed by atoms with Crippen LogP contribution in [0.1, 0.15) is 37.0 Å². The van der Waals surface area contributed by atoms with Crippen LogP contribution in [0.25, 0.3) is 11.5 Å². The summed E-state index contributed by atoms with van der Waals surface area (Å²) in [7, 11) is 2.91. The molecule has 0 saturated carbocycles. The van der Waals surface area contributed by atoms with E-state index in [-0.39, 0.29) is 29.6 Å². The minimum absolute atomic E-state index is 0.108. The number of hydrogen-bond donors (Lipinski definition) is 1. The van der Waals surface area contributed by atoms with Gasteiger partial charge in [0.2, 0.25) is 11.7 Å². The zero-order valence-electron chi connectivity index (χ0n) is 17.8. The number of esters is 1. The third-order valence-corrected chi connectivity index (χ3v) is 4.92. The largest absolute Gasteiger partial charge is 0.493 e. The van der Waals surface area contributed by atoms with E-state index in [0.29, 0.717) is 17.4 Å². The minimum atomic E-state index is -0.688. The van der Waals surface area contributed by atoms with Crippen molar-refractivity contribution in [1.29, 1.82) is 0 Å². The van der Waals surface area contributed by atoms with Gasteiger partial charge in [-0.2, -0.15) is 16.3 Å². The fraction of sp³-hybridized carbons (Fsp3) is 0.333. The second-order valence-electron chi connectivity index (χ2n) is 7.56. The normalized spacial score (nSPS) is 11.1. The first-order chi connectivity index (χ1) is 14.7. The smallest absolute Gasteiger partial charge is 0.340 e. The molecule has 1 aromatic carbocycles. The number of nitrogens with one attached hydrogen (secondary N) is 1. The van der Waals surface area contributed by atoms with Gasteiger partial charge in [0, 0.05) is 22.9 Å². The van der Waals surface area contributed by atoms with Crippen molar-refractivity contribution < 1.29 is 28.3 Å². The summed E-state index contributed by atoms with van der Waals surface area (Å²) in [6, 6.07) is 4.82. The van der Waals surface area contributed by atoms with Crippen molar-refractivity contribution in [2.24, 2.45) is 5.41 Å². The highest BCUT2D eigenvalue weighted by Crippen LogP contribution is 2.34. The van der Waals surface area contributed by atoms with Gasteiger partial charge in [0.15, 0.2) is 18.1 Å². The molecular weight excluding hydrogens is 422 g/mol. The van der Waals surface area contributed by atoms with Crippen LogP contribution >= 0.6 is 11.3 Å². The number of nitrogens with zero attached hydrogens (tertiary/aromatic N) is 2. The van der Waals surface area contributed by atoms with E-state index in [9.17, 15) is 9.59 Å². The van der Waals surface area contributed by atoms with Crippen LogP contribution in [0.5, 0.6) is 11.5 Å². The zero-order chi connectivity index (χ0) is 22.6. The number of benzene rings is 1. The minimum Gasteiger partial charge on any atom is -0.493 e. The Kier molecular flexibility index (Phi) is 6.59. The second kappa shape index (κ2) is 9.17. The van der Waals surface area contributed by atoms with E-state index in [1.165, 1.54) is 37.7 Å². The number of hydrogen-bond acceptors (Lipinski definition) is 9. The maximum absolute atomic E-state index is 12.8. The number of anilines is 1. The quantitative estimate of drug-likeness (QED) is 0.540. The van der Waals surface area contributed by atoms with Crippen LogP contribution in [0.15, 0.2) is 33.5 Å². The van der Waals surface area contributed by atoms with Gasteiger partial charge < -0.3 is 24.1 Å². The monoisotopic (exact) mass is 445 g/mol. The van der Waals surface area contributed by atoms with Gasteiger partial charge >= 0.3 is 5.97 Å². The van der Waals surface area contributed by atoms with Crippen LogP contribution in [0, 0.1) is 5.41 Å². The molecule has 0 fully saturated rings. The summed E-state index contributed by atoms with van der Waals surface area (Å²) in [6.07, 6.45) is 0. The molecule has 2 aromatic heterocycles. The summed E-state index contributed by atoms with van der Waals surface area (Å²) >= 11 is 1.50. The van der Waals surface area contributed by atoms with Crippen molar-refractivity contribution in [2.45, 2.75) is 27.4 Å². The first-order valence-electron chi connectivity index (χ1n) is 9.32. The number of amides is 1. The van der Waals surface area contributed by atoms with E-state index in [1.807, 2.05) is 16.8 Å². The lowest BCUT2D eigenvalue weighted by atomic mass is 9.95. The fourth-order valence-corrected chi connectivity index (χ4v) is 3.11. The number of thiophene rings is 1. The van der Waals surface area contributed by atoms with Crippen LogP contribution in [-0.4, -0.2) is 36.2 Å². The first kappa shape index (κ1) is 22.3. The van der Waals surface area contributed by atoms with Crippen molar-refractivity contribution in [3.05, 3.63) is 40.3 Å². The van der Waals surface area contributed by atoms with E-state index >= 15 is 0 Å². The molecule has 31 heavy (non-hydrogen) atoms. The molecule has 0 spiro atoms. The molecule has 0 aliphatic carbocycles. The van der Waals surface area contributed by atoms with Crippen LogP contribution in [0.4, 0.5) is 5.69 Å². The highest BCUT2D eigenvalue weighted by Gasteiger charge is 2.25. The molecule has 0 saturated heterocycles. The van der Waals surface area contributed by atoms with E-state index in [4.69, 9.17) is 18.7 Å². The van der Waals surface area contributed by atoms with Crippen molar-refractivity contribution in [3.8, 4) is 23.0 Å². The van der Waals surface area contributed by atoms with Crippen molar-refractivity contribution >= 4 is 28.9 Å². The highest BCUT2D eigenvalue weighted by atomic mass is 32.1. The Morgan fingerprint density at radius 1 is 1.16 bits per heavy atom. The van der Waals surface area contributed by atoms with Crippen molar-refractivity contribution in [1.82, 2.24) is 10.1 Å². The lowest BCUT2D eigenvalue weighted by molar-refractivity contribution is -0.123. The molecule has 1 N–H and O–H groups in total. The van der Waals surface area contributed by atoms with Crippen molar-refractivity contribution in [2.75, 3.05) is 19.5 Å². The molecular formula is C21H23N3O6S. The number of carbonyl (C=O) groups excluding carboxylic acids is 2. The molecule has 3 aromatic rings. The Hall–Kier alpha value is -3.40. The van der Waals surface area contributed by atoms with Crippen LogP contribution in [0.3, 0.4) is 0 Å². The maximum Gasteiger partial charge on any atom is 0.340 e. The predicted octanol–water partition coefficient (Wildman–Crippen LogP) is 4.16. The van der Waals surface area contributed by atoms with E-state index < -0.39 is 11.4 Å². The predicted molar refractivity (Wildman–Crippen MR) is 114 cm³/mol. The topological polar surface area (TPSA) is 113 Å². The third kappa shape index (κ3) is 5.21. The molecule has 10 heteroatoms. The molecule has 0 aliphatic heterocycles. The lowest BCUT2D eigenvalue weighted by Gasteiger charge is -2.20. The Morgan fingerprint density at radius 3 is 2.48 bits per heavy atom. The Bertz CT molecular complexity index is 1070. The molecule has 0 radical (unpaired) electrons. The summed E-state index contributed by atoms with van der Waals surface area (Å²) in [6.45, 7) is 5.10. The van der Waals surface area contributed by atoms with Gasteiger partial charge in [0.1, 0.15) is 0 Å². The molecule has 0 unspecified atom stereocenters. The second-order valence-corrected chi connectivity index (χ2v) is 8.34. The van der Waals surface area contributed by atoms with Gasteiger partial charge in [-0.15, -0.1) is 0 Å². The number of carbonyl (C=O) groups is 2. The maximum atomic E-state index is 12.8. The molecule has 9 nitrogen and oxygen atoms in total. The van der Waals surface area contributed by atoms with Crippen molar-refractivity contribution in [3.63, 3.8) is 0 Å². The van der Waals surface area contributed by atoms with Gasteiger partial charge in [-0.3, -0.25) is 4.79 Å². The molecule has 2 heterocycles. The number of methoxy groups -OCH3 is 2. The summed E-state index contributed by atoms with van der Waals surface area (Å²) < 4.78 is 21.1. The first-order valence-corrected chi connectivity index (χ1v) is 10.3. The molecule has 0 bridgehead atoms. The van der Waals surface area contributed by atoms with E-state index in [2.05, 4.69) is 15.5 Å². The Morgan fingerprint density at radius 2 is 1.87 bits per heavy atom. The SMILES string of the molecule is COc1cc(NC(=O)C(C)(C)C)c(C(=O)OCc2noc(-c3ccsc3)n2)cc1OC. The summed E-state index contributed by atoms with van der Waals surface area (Å²) in [5, 5.41) is 10.3. The molecule has 164 valence electrons. The van der Waals surface area contributed by atoms with Gasteiger partial charge in [0.25, 0.3) is 5.89 Å². The molecule has 3 rings (SSSR count). The van der Waals surface area contributed by atoms with E-state index in [0.717, 1.165) is 5.56 Å². The molecule has 0 atom stereocenters. The Balaban J connectivity index is 1.82. The van der Waals surface area contributed by atoms with Gasteiger partial charge in [-0.05, 0) is 11.4 Å². The summed E-state index contributed by atoms with van der Waals surface area (Å²) in [5.41, 5.74) is 0.477. The van der Waals surface area contributed by atoms with Crippen LogP contribution < -0.4 is 14.8 Å². The number of rotatable bonds is 7. The summed E-state index contributed by atoms with van der Waals surface area (Å²) in [5.74, 6) is 0.288. The van der Waals surface area contributed by atoms with Gasteiger partial charge in [-0.1, -0.05) is 25.9 Å². The molecule has 0 aliphatic rings. The van der Waals surface area contributed by atoms with Crippen LogP contribution in [-0.2, 0) is 16.1 Å². The standard InChI is InChI=1S/C21H23N3O6S/c1-21(2,3)20(26)22-14-9-16(28-5)15(27-4)8-13(14)19(25)29-10-17-23-18(30-24-17)12-6-7-31-11-12/h6-9,11H,10H2,1-5H3,(H,22,26). The fourth-order valence-electron chi connectivity index (χ4n) is 2.48. The molecule has 1 amide bonds. The van der Waals surface area contributed by atoms with Gasteiger partial charge in [0.05, 0.1) is 31.0 Å². The zero-order valence-corrected chi connectivity index (χ0v) is 18.7. The Labute approximate surface area is 183 Å². The van der Waals surface area contributed by atoms with Crippen LogP contribution in [0.2, 0.25) is 0 Å². The van der Waals surface area contributed by atoms with Gasteiger partial charge in [-0.25, -0.2) is 4.79 Å². The number of ether oxygens (including phenoxy) is 3. The summed E-state index contributed by atoms with van der Waals surface area (Å²) in [4.78, 5) is 29.5. The average molecular weight is 445 g/mol. The lowest BCUT2D eigenvalue weighted by Crippen LogP contribution is -2.28. The highest BCUT2D eigenvalue weighted by molar-refractivity contribution is 7.08. The third-order valence-electron chi connectivity index (χ3n) is 4.24. The number of aromatic nitrogens is 2.